The summed E-state index contributed by atoms with van der Waals surface area (Å²) in [6.07, 6.45) is 1.04. The molecular formula is C15H25N3O. The van der Waals surface area contributed by atoms with E-state index < -0.39 is 0 Å². The summed E-state index contributed by atoms with van der Waals surface area (Å²) in [5.74, 6) is 0.0100. The number of hydrogen-bond acceptors (Lipinski definition) is 3. The van der Waals surface area contributed by atoms with Crippen molar-refractivity contribution in [1.82, 2.24) is 4.90 Å². The lowest BCUT2D eigenvalue weighted by Gasteiger charge is -2.25. The average molecular weight is 263 g/mol. The summed E-state index contributed by atoms with van der Waals surface area (Å²) < 4.78 is 0. The van der Waals surface area contributed by atoms with Gasteiger partial charge in [0.05, 0.1) is 6.54 Å². The van der Waals surface area contributed by atoms with Gasteiger partial charge in [0.25, 0.3) is 0 Å². The molecule has 0 spiro atoms. The molecule has 0 atom stereocenters. The van der Waals surface area contributed by atoms with Gasteiger partial charge in [0.15, 0.2) is 0 Å². The molecule has 0 aliphatic rings. The molecule has 4 heteroatoms. The Labute approximate surface area is 116 Å². The van der Waals surface area contributed by atoms with Crippen molar-refractivity contribution >= 4 is 17.3 Å². The van der Waals surface area contributed by atoms with E-state index in [0.717, 1.165) is 24.2 Å². The molecule has 4 nitrogen and oxygen atoms in total. The maximum absolute atomic E-state index is 12.1. The second-order valence-corrected chi connectivity index (χ2v) is 5.19. The lowest BCUT2D eigenvalue weighted by Crippen LogP contribution is -2.38. The van der Waals surface area contributed by atoms with Crippen LogP contribution in [-0.2, 0) is 4.79 Å². The third-order valence-electron chi connectivity index (χ3n) is 3.12. The van der Waals surface area contributed by atoms with Crippen LogP contribution in [0.15, 0.2) is 18.2 Å². The fourth-order valence-electron chi connectivity index (χ4n) is 1.96. The summed E-state index contributed by atoms with van der Waals surface area (Å²) in [6, 6.07) is 5.92. The summed E-state index contributed by atoms with van der Waals surface area (Å²) in [5.41, 5.74) is 8.22. The summed E-state index contributed by atoms with van der Waals surface area (Å²) in [6.45, 7) is 9.64. The van der Waals surface area contributed by atoms with Gasteiger partial charge < -0.3 is 11.1 Å². The summed E-state index contributed by atoms with van der Waals surface area (Å²) in [7, 11) is 0. The number of benzene rings is 1. The van der Waals surface area contributed by atoms with E-state index in [9.17, 15) is 4.79 Å². The molecule has 0 saturated carbocycles. The van der Waals surface area contributed by atoms with Crippen LogP contribution in [0.2, 0.25) is 0 Å². The maximum Gasteiger partial charge on any atom is 0.238 e. The van der Waals surface area contributed by atoms with Crippen LogP contribution in [0.1, 0.15) is 32.8 Å². The first-order chi connectivity index (χ1) is 8.93. The molecule has 1 aromatic rings. The molecular weight excluding hydrogens is 238 g/mol. The zero-order valence-corrected chi connectivity index (χ0v) is 12.4. The Morgan fingerprint density at radius 2 is 2.11 bits per heavy atom. The quantitative estimate of drug-likeness (QED) is 0.776. The highest BCUT2D eigenvalue weighted by atomic mass is 16.2. The van der Waals surface area contributed by atoms with Gasteiger partial charge >= 0.3 is 0 Å². The van der Waals surface area contributed by atoms with Crippen molar-refractivity contribution in [2.45, 2.75) is 40.2 Å². The zero-order chi connectivity index (χ0) is 14.4. The van der Waals surface area contributed by atoms with Crippen LogP contribution in [0.3, 0.4) is 0 Å². The molecule has 0 heterocycles. The fraction of sp³-hybridized carbons (Fsp3) is 0.533. The van der Waals surface area contributed by atoms with Gasteiger partial charge in [-0.05, 0) is 51.4 Å². The maximum atomic E-state index is 12.1. The van der Waals surface area contributed by atoms with Crippen LogP contribution >= 0.6 is 0 Å². The van der Waals surface area contributed by atoms with Crippen LogP contribution in [0.25, 0.3) is 0 Å². The first-order valence-electron chi connectivity index (χ1n) is 6.84. The Bertz CT molecular complexity index is 429. The second-order valence-electron chi connectivity index (χ2n) is 5.19. The summed E-state index contributed by atoms with van der Waals surface area (Å²) >= 11 is 0. The van der Waals surface area contributed by atoms with Crippen LogP contribution in [0.4, 0.5) is 11.4 Å². The van der Waals surface area contributed by atoms with Crippen molar-refractivity contribution in [3.05, 3.63) is 23.8 Å². The molecule has 0 aromatic heterocycles. The van der Waals surface area contributed by atoms with Crippen molar-refractivity contribution in [2.24, 2.45) is 0 Å². The number of carbonyl (C=O) groups excluding carboxylic acids is 1. The molecule has 3 N–H and O–H groups in total. The molecule has 0 aliphatic heterocycles. The number of hydrogen-bond donors (Lipinski definition) is 2. The van der Waals surface area contributed by atoms with Crippen molar-refractivity contribution in [3.63, 3.8) is 0 Å². The largest absolute Gasteiger partial charge is 0.399 e. The molecule has 0 aliphatic carbocycles. The van der Waals surface area contributed by atoms with Gasteiger partial charge in [0.1, 0.15) is 0 Å². The highest BCUT2D eigenvalue weighted by Crippen LogP contribution is 2.18. The van der Waals surface area contributed by atoms with Gasteiger partial charge in [0.2, 0.25) is 5.91 Å². The van der Waals surface area contributed by atoms with E-state index in [4.69, 9.17) is 5.73 Å². The lowest BCUT2D eigenvalue weighted by atomic mass is 10.2. The molecule has 0 bridgehead atoms. The van der Waals surface area contributed by atoms with E-state index in [2.05, 4.69) is 31.0 Å². The van der Waals surface area contributed by atoms with Crippen molar-refractivity contribution in [1.29, 1.82) is 0 Å². The molecule has 0 unspecified atom stereocenters. The SMILES string of the molecule is CCCN(CC(=O)Nc1cc(N)ccc1C)C(C)C. The van der Waals surface area contributed by atoms with Gasteiger partial charge in [-0.1, -0.05) is 13.0 Å². The average Bonchev–Trinajstić information content (AvgIpc) is 2.33. The Morgan fingerprint density at radius 3 is 2.68 bits per heavy atom. The second kappa shape index (κ2) is 7.14. The van der Waals surface area contributed by atoms with E-state index in [1.165, 1.54) is 0 Å². The fourth-order valence-corrected chi connectivity index (χ4v) is 1.96. The smallest absolute Gasteiger partial charge is 0.238 e. The summed E-state index contributed by atoms with van der Waals surface area (Å²) in [5, 5.41) is 2.93. The van der Waals surface area contributed by atoms with Gasteiger partial charge in [0, 0.05) is 17.4 Å². The molecule has 0 radical (unpaired) electrons. The minimum Gasteiger partial charge on any atom is -0.399 e. The number of nitrogens with two attached hydrogens (primary N) is 1. The van der Waals surface area contributed by atoms with Gasteiger partial charge in [-0.15, -0.1) is 0 Å². The molecule has 106 valence electrons. The number of amides is 1. The minimum absolute atomic E-state index is 0.0100. The predicted molar refractivity (Wildman–Crippen MR) is 81.2 cm³/mol. The molecule has 0 fully saturated rings. The van der Waals surface area contributed by atoms with Crippen molar-refractivity contribution in [2.75, 3.05) is 24.1 Å². The molecule has 1 amide bonds. The van der Waals surface area contributed by atoms with Crippen LogP contribution in [0.5, 0.6) is 0 Å². The van der Waals surface area contributed by atoms with Crippen LogP contribution in [0, 0.1) is 6.92 Å². The molecule has 19 heavy (non-hydrogen) atoms. The van der Waals surface area contributed by atoms with E-state index in [0.29, 0.717) is 18.3 Å². The Balaban J connectivity index is 2.66. The number of rotatable bonds is 6. The van der Waals surface area contributed by atoms with Gasteiger partial charge in [-0.25, -0.2) is 0 Å². The normalized spacial score (nSPS) is 11.1. The van der Waals surface area contributed by atoms with E-state index in [1.807, 2.05) is 19.1 Å². The third kappa shape index (κ3) is 4.91. The first kappa shape index (κ1) is 15.5. The topological polar surface area (TPSA) is 58.4 Å². The predicted octanol–water partition coefficient (Wildman–Crippen LogP) is 2.64. The van der Waals surface area contributed by atoms with E-state index >= 15 is 0 Å². The standard InChI is InChI=1S/C15H25N3O/c1-5-8-18(11(2)3)10-15(19)17-14-9-13(16)7-6-12(14)4/h6-7,9,11H,5,8,10,16H2,1-4H3,(H,17,19). The Kier molecular flexibility index (Phi) is 5.83. The minimum atomic E-state index is 0.0100. The number of anilines is 2. The van der Waals surface area contributed by atoms with Crippen LogP contribution in [-0.4, -0.2) is 29.9 Å². The zero-order valence-electron chi connectivity index (χ0n) is 12.4. The number of nitrogens with one attached hydrogen (secondary N) is 1. The number of nitrogens with zero attached hydrogens (tertiary/aromatic N) is 1. The van der Waals surface area contributed by atoms with Crippen LogP contribution < -0.4 is 11.1 Å². The molecule has 1 aromatic carbocycles. The lowest BCUT2D eigenvalue weighted by molar-refractivity contribution is -0.117. The monoisotopic (exact) mass is 263 g/mol. The number of carbonyl (C=O) groups is 1. The van der Waals surface area contributed by atoms with Gasteiger partial charge in [-0.3, -0.25) is 9.69 Å². The van der Waals surface area contributed by atoms with Gasteiger partial charge in [-0.2, -0.15) is 0 Å². The third-order valence-corrected chi connectivity index (χ3v) is 3.12. The van der Waals surface area contributed by atoms with E-state index in [-0.39, 0.29) is 5.91 Å². The molecule has 0 saturated heterocycles. The highest BCUT2D eigenvalue weighted by molar-refractivity contribution is 5.93. The highest BCUT2D eigenvalue weighted by Gasteiger charge is 2.13. The Hall–Kier alpha value is -1.55. The molecule has 1 rings (SSSR count). The number of aryl methyl sites for hydroxylation is 1. The number of nitrogen functional groups attached to an aromatic ring is 1. The van der Waals surface area contributed by atoms with Crippen molar-refractivity contribution < 1.29 is 4.79 Å². The van der Waals surface area contributed by atoms with E-state index in [1.54, 1.807) is 6.07 Å². The first-order valence-corrected chi connectivity index (χ1v) is 6.84. The Morgan fingerprint density at radius 1 is 1.42 bits per heavy atom. The summed E-state index contributed by atoms with van der Waals surface area (Å²) in [4.78, 5) is 14.2. The van der Waals surface area contributed by atoms with Crippen molar-refractivity contribution in [3.8, 4) is 0 Å².